The van der Waals surface area contributed by atoms with Crippen LogP contribution in [0, 0.1) is 0 Å². The van der Waals surface area contributed by atoms with Gasteiger partial charge in [0.2, 0.25) is 5.78 Å². The summed E-state index contributed by atoms with van der Waals surface area (Å²) in [6.45, 7) is 1.77. The molecule has 0 spiro atoms. The highest BCUT2D eigenvalue weighted by atomic mass is 19.4. The molecule has 1 aliphatic rings. The second-order valence-electron chi connectivity index (χ2n) is 4.19. The number of esters is 1. The van der Waals surface area contributed by atoms with Crippen molar-refractivity contribution in [1.82, 2.24) is 0 Å². The van der Waals surface area contributed by atoms with Gasteiger partial charge < -0.3 is 9.47 Å². The number of halogens is 3. The van der Waals surface area contributed by atoms with E-state index in [-0.39, 0.29) is 24.3 Å². The van der Waals surface area contributed by atoms with Gasteiger partial charge in [0.15, 0.2) is 6.10 Å². The Labute approximate surface area is 112 Å². The van der Waals surface area contributed by atoms with Crippen molar-refractivity contribution in [3.8, 4) is 5.75 Å². The van der Waals surface area contributed by atoms with E-state index in [1.807, 2.05) is 0 Å². The average molecular weight is 288 g/mol. The molecule has 20 heavy (non-hydrogen) atoms. The lowest BCUT2D eigenvalue weighted by atomic mass is 10.0. The molecule has 0 aromatic heterocycles. The van der Waals surface area contributed by atoms with E-state index in [2.05, 4.69) is 4.74 Å². The van der Waals surface area contributed by atoms with Gasteiger partial charge in [-0.05, 0) is 25.1 Å². The number of carbonyl (C=O) groups excluding carboxylic acids is 2. The zero-order chi connectivity index (χ0) is 14.9. The first kappa shape index (κ1) is 14.4. The summed E-state index contributed by atoms with van der Waals surface area (Å²) < 4.78 is 47.4. The summed E-state index contributed by atoms with van der Waals surface area (Å²) in [6.07, 6.45) is -5.95. The minimum Gasteiger partial charge on any atom is -0.481 e. The van der Waals surface area contributed by atoms with Crippen molar-refractivity contribution in [1.29, 1.82) is 0 Å². The number of hydrogen-bond acceptors (Lipinski definition) is 4. The molecular weight excluding hydrogens is 277 g/mol. The monoisotopic (exact) mass is 288 g/mol. The van der Waals surface area contributed by atoms with Crippen LogP contribution in [0.2, 0.25) is 0 Å². The molecule has 2 rings (SSSR count). The topological polar surface area (TPSA) is 52.6 Å². The highest BCUT2D eigenvalue weighted by Crippen LogP contribution is 2.37. The number of Topliss-reactive ketones (excluding diaryl/α,β-unsaturated/α-hetero) is 1. The first-order valence-corrected chi connectivity index (χ1v) is 5.90. The first-order chi connectivity index (χ1) is 9.32. The van der Waals surface area contributed by atoms with E-state index < -0.39 is 29.6 Å². The Hall–Kier alpha value is -2.05. The zero-order valence-electron chi connectivity index (χ0n) is 10.5. The van der Waals surface area contributed by atoms with Crippen LogP contribution < -0.4 is 4.74 Å². The van der Waals surface area contributed by atoms with Gasteiger partial charge in [-0.15, -0.1) is 0 Å². The molecule has 0 saturated carbocycles. The van der Waals surface area contributed by atoms with Crippen LogP contribution in [0.4, 0.5) is 13.2 Å². The van der Waals surface area contributed by atoms with Gasteiger partial charge >= 0.3 is 12.1 Å². The van der Waals surface area contributed by atoms with E-state index in [0.29, 0.717) is 0 Å². The smallest absolute Gasteiger partial charge is 0.416 e. The van der Waals surface area contributed by atoms with Gasteiger partial charge in [0.25, 0.3) is 0 Å². The van der Waals surface area contributed by atoms with Crippen LogP contribution in [-0.4, -0.2) is 24.5 Å². The molecule has 0 fully saturated rings. The van der Waals surface area contributed by atoms with Gasteiger partial charge in [-0.3, -0.25) is 9.59 Å². The van der Waals surface area contributed by atoms with E-state index in [1.165, 1.54) is 0 Å². The van der Waals surface area contributed by atoms with Crippen LogP contribution in [0.15, 0.2) is 18.2 Å². The highest BCUT2D eigenvalue weighted by Gasteiger charge is 2.38. The highest BCUT2D eigenvalue weighted by molar-refractivity contribution is 6.06. The maximum absolute atomic E-state index is 12.5. The van der Waals surface area contributed by atoms with Gasteiger partial charge in [0, 0.05) is 0 Å². The SMILES string of the molecule is CCOC(=O)CC1Oc2cc(C(F)(F)F)ccc2C1=O. The average Bonchev–Trinajstić information content (AvgIpc) is 2.65. The van der Waals surface area contributed by atoms with Crippen LogP contribution in [0.5, 0.6) is 5.75 Å². The third kappa shape index (κ3) is 2.76. The largest absolute Gasteiger partial charge is 0.481 e. The van der Waals surface area contributed by atoms with Crippen LogP contribution >= 0.6 is 0 Å². The van der Waals surface area contributed by atoms with Crippen molar-refractivity contribution >= 4 is 11.8 Å². The van der Waals surface area contributed by atoms with Crippen LogP contribution in [0.25, 0.3) is 0 Å². The molecule has 4 nitrogen and oxygen atoms in total. The molecule has 0 amide bonds. The third-order valence-electron chi connectivity index (χ3n) is 2.79. The van der Waals surface area contributed by atoms with Crippen LogP contribution in [0.3, 0.4) is 0 Å². The van der Waals surface area contributed by atoms with Crippen molar-refractivity contribution in [3.05, 3.63) is 29.3 Å². The maximum Gasteiger partial charge on any atom is 0.416 e. The summed E-state index contributed by atoms with van der Waals surface area (Å²) >= 11 is 0. The quantitative estimate of drug-likeness (QED) is 0.802. The second kappa shape index (κ2) is 5.15. The Morgan fingerprint density at radius 2 is 2.10 bits per heavy atom. The number of ether oxygens (including phenoxy) is 2. The van der Waals surface area contributed by atoms with E-state index >= 15 is 0 Å². The number of alkyl halides is 3. The molecule has 108 valence electrons. The summed E-state index contributed by atoms with van der Waals surface area (Å²) in [4.78, 5) is 23.2. The standard InChI is InChI=1S/C13H11F3O4/c1-2-19-11(17)6-10-12(18)8-4-3-7(13(14,15)16)5-9(8)20-10/h3-5,10H,2,6H2,1H3. The molecule has 0 saturated heterocycles. The summed E-state index contributed by atoms with van der Waals surface area (Å²) in [5, 5.41) is 0. The number of fused-ring (bicyclic) bond motifs is 1. The molecule has 0 radical (unpaired) electrons. The molecule has 1 aromatic rings. The summed E-state index contributed by atoms with van der Waals surface area (Å²) in [5.41, 5.74) is -0.854. The molecule has 1 atom stereocenters. The van der Waals surface area contributed by atoms with E-state index in [4.69, 9.17) is 4.74 Å². The molecule has 0 aliphatic carbocycles. The van der Waals surface area contributed by atoms with Crippen molar-refractivity contribution in [2.24, 2.45) is 0 Å². The van der Waals surface area contributed by atoms with Crippen LogP contribution in [0.1, 0.15) is 29.3 Å². The van der Waals surface area contributed by atoms with Crippen molar-refractivity contribution in [2.75, 3.05) is 6.61 Å². The lowest BCUT2D eigenvalue weighted by molar-refractivity contribution is -0.144. The minimum absolute atomic E-state index is 0.0484. The van der Waals surface area contributed by atoms with Crippen molar-refractivity contribution in [3.63, 3.8) is 0 Å². The predicted molar refractivity (Wildman–Crippen MR) is 61.4 cm³/mol. The van der Waals surface area contributed by atoms with Gasteiger partial charge in [-0.1, -0.05) is 0 Å². The fourth-order valence-electron chi connectivity index (χ4n) is 1.89. The van der Waals surface area contributed by atoms with Crippen LogP contribution in [-0.2, 0) is 15.7 Å². The number of rotatable bonds is 3. The number of hydrogen-bond donors (Lipinski definition) is 0. The van der Waals surface area contributed by atoms with Gasteiger partial charge in [-0.25, -0.2) is 0 Å². The first-order valence-electron chi connectivity index (χ1n) is 5.90. The lowest BCUT2D eigenvalue weighted by Crippen LogP contribution is -2.25. The van der Waals surface area contributed by atoms with Gasteiger partial charge in [-0.2, -0.15) is 13.2 Å². The molecule has 0 bridgehead atoms. The molecule has 0 N–H and O–H groups in total. The summed E-state index contributed by atoms with van der Waals surface area (Å²) in [5.74, 6) is -1.30. The lowest BCUT2D eigenvalue weighted by Gasteiger charge is -2.09. The van der Waals surface area contributed by atoms with Crippen molar-refractivity contribution < 1.29 is 32.2 Å². The molecular formula is C13H11F3O4. The second-order valence-corrected chi connectivity index (χ2v) is 4.19. The Morgan fingerprint density at radius 3 is 2.70 bits per heavy atom. The van der Waals surface area contributed by atoms with Crippen molar-refractivity contribution in [2.45, 2.75) is 25.6 Å². The molecule has 7 heteroatoms. The fraction of sp³-hybridized carbons (Fsp3) is 0.385. The third-order valence-corrected chi connectivity index (χ3v) is 2.79. The Bertz CT molecular complexity index is 551. The molecule has 1 unspecified atom stereocenters. The molecule has 1 aromatic carbocycles. The summed E-state index contributed by atoms with van der Waals surface area (Å²) in [7, 11) is 0. The minimum atomic E-state index is -4.51. The van der Waals surface area contributed by atoms with E-state index in [1.54, 1.807) is 6.92 Å². The predicted octanol–water partition coefficient (Wildman–Crippen LogP) is 2.60. The fourth-order valence-corrected chi connectivity index (χ4v) is 1.89. The van der Waals surface area contributed by atoms with Gasteiger partial charge in [0.05, 0.1) is 24.2 Å². The molecule has 1 heterocycles. The Morgan fingerprint density at radius 1 is 1.40 bits per heavy atom. The Kier molecular flexibility index (Phi) is 3.69. The van der Waals surface area contributed by atoms with Gasteiger partial charge in [0.1, 0.15) is 5.75 Å². The Balaban J connectivity index is 2.18. The number of benzene rings is 1. The zero-order valence-corrected chi connectivity index (χ0v) is 10.5. The maximum atomic E-state index is 12.5. The summed E-state index contributed by atoms with van der Waals surface area (Å²) in [6, 6.07) is 2.64. The number of ketones is 1. The number of carbonyl (C=O) groups is 2. The van der Waals surface area contributed by atoms with E-state index in [9.17, 15) is 22.8 Å². The van der Waals surface area contributed by atoms with E-state index in [0.717, 1.165) is 18.2 Å². The normalized spacial score (nSPS) is 17.6. The molecule has 1 aliphatic heterocycles.